The molecule has 0 spiro atoms. The average Bonchev–Trinajstić information content (AvgIpc) is 3.35. The first kappa shape index (κ1) is 66.4. The van der Waals surface area contributed by atoms with E-state index in [0.717, 1.165) is 96.3 Å². The molecule has 0 amide bonds. The van der Waals surface area contributed by atoms with Gasteiger partial charge in [-0.25, -0.2) is 0 Å². The van der Waals surface area contributed by atoms with E-state index in [0.29, 0.717) is 19.3 Å². The summed E-state index contributed by atoms with van der Waals surface area (Å²) >= 11 is 0. The van der Waals surface area contributed by atoms with Crippen LogP contribution in [0.1, 0.15) is 316 Å². The highest BCUT2D eigenvalue weighted by Gasteiger charge is 2.19. The first-order valence-electron chi connectivity index (χ1n) is 30.1. The van der Waals surface area contributed by atoms with Gasteiger partial charge in [0, 0.05) is 19.3 Å². The molecule has 0 saturated heterocycles. The van der Waals surface area contributed by atoms with E-state index in [1.165, 1.54) is 180 Å². The van der Waals surface area contributed by atoms with Gasteiger partial charge in [0.1, 0.15) is 13.2 Å². The summed E-state index contributed by atoms with van der Waals surface area (Å²) in [5, 5.41) is 0. The van der Waals surface area contributed by atoms with Gasteiger partial charge in [-0.15, -0.1) is 0 Å². The fraction of sp³-hybridized carbons (Fsp3) is 0.825. The summed E-state index contributed by atoms with van der Waals surface area (Å²) < 4.78 is 16.9. The van der Waals surface area contributed by atoms with Crippen molar-refractivity contribution in [2.75, 3.05) is 13.2 Å². The third-order valence-electron chi connectivity index (χ3n) is 13.3. The fourth-order valence-corrected chi connectivity index (χ4v) is 8.85. The van der Waals surface area contributed by atoms with Gasteiger partial charge in [0.05, 0.1) is 0 Å². The zero-order valence-electron chi connectivity index (χ0n) is 46.1. The lowest BCUT2D eigenvalue weighted by Gasteiger charge is -2.18. The highest BCUT2D eigenvalue weighted by molar-refractivity contribution is 5.71. The molecule has 6 heteroatoms. The molecule has 69 heavy (non-hydrogen) atoms. The molecule has 0 saturated carbocycles. The van der Waals surface area contributed by atoms with Crippen LogP contribution in [0.3, 0.4) is 0 Å². The van der Waals surface area contributed by atoms with Crippen LogP contribution in [-0.4, -0.2) is 37.2 Å². The van der Waals surface area contributed by atoms with Crippen molar-refractivity contribution in [3.8, 4) is 0 Å². The Morgan fingerprint density at radius 3 is 0.884 bits per heavy atom. The number of hydrogen-bond donors (Lipinski definition) is 0. The number of carbonyl (C=O) groups excluding carboxylic acids is 3. The van der Waals surface area contributed by atoms with Gasteiger partial charge >= 0.3 is 17.9 Å². The molecule has 0 rings (SSSR count). The highest BCUT2D eigenvalue weighted by Crippen LogP contribution is 2.17. The summed E-state index contributed by atoms with van der Waals surface area (Å²) in [6.07, 6.45) is 71.0. The minimum absolute atomic E-state index is 0.0763. The predicted molar refractivity (Wildman–Crippen MR) is 298 cm³/mol. The first-order valence-corrected chi connectivity index (χ1v) is 30.1. The van der Waals surface area contributed by atoms with Crippen LogP contribution in [0.5, 0.6) is 0 Å². The Morgan fingerprint density at radius 1 is 0.304 bits per heavy atom. The molecule has 0 heterocycles. The van der Waals surface area contributed by atoms with Gasteiger partial charge in [0.15, 0.2) is 6.10 Å². The van der Waals surface area contributed by atoms with Gasteiger partial charge in [-0.2, -0.15) is 0 Å². The second-order valence-electron chi connectivity index (χ2n) is 20.2. The maximum absolute atomic E-state index is 12.9. The molecule has 0 aromatic carbocycles. The monoisotopic (exact) mass is 967 g/mol. The van der Waals surface area contributed by atoms with Crippen LogP contribution in [0.25, 0.3) is 0 Å². The summed E-state index contributed by atoms with van der Waals surface area (Å²) in [6.45, 7) is 6.56. The minimum atomic E-state index is -0.780. The first-order chi connectivity index (χ1) is 34.0. The number of allylic oxidation sites excluding steroid dienone is 8. The molecule has 0 unspecified atom stereocenters. The number of carbonyl (C=O) groups is 3. The summed E-state index contributed by atoms with van der Waals surface area (Å²) in [5.74, 6) is -0.881. The lowest BCUT2D eigenvalue weighted by molar-refractivity contribution is -0.167. The normalized spacial score (nSPS) is 12.3. The predicted octanol–water partition coefficient (Wildman–Crippen LogP) is 20.2. The molecular formula is C63H114O6. The van der Waals surface area contributed by atoms with E-state index >= 15 is 0 Å². The molecule has 0 aromatic heterocycles. The topological polar surface area (TPSA) is 78.9 Å². The summed E-state index contributed by atoms with van der Waals surface area (Å²) in [4.78, 5) is 38.2. The van der Waals surface area contributed by atoms with Gasteiger partial charge in [0.2, 0.25) is 0 Å². The SMILES string of the molecule is CC/C=C\C/C=C\C/C=C\C/C=C\CCCCCCC(=O)OC[C@H](COC(=O)CCCCCCCCCCCCCCCCCCCCC)OC(=O)CCCCCCCCCCCCCCCCC. The third kappa shape index (κ3) is 56.2. The molecule has 0 bridgehead atoms. The zero-order valence-corrected chi connectivity index (χ0v) is 46.1. The van der Waals surface area contributed by atoms with Crippen LogP contribution in [0.4, 0.5) is 0 Å². The second-order valence-corrected chi connectivity index (χ2v) is 20.2. The quantitative estimate of drug-likeness (QED) is 0.0262. The maximum Gasteiger partial charge on any atom is 0.306 e. The van der Waals surface area contributed by atoms with Gasteiger partial charge in [-0.3, -0.25) is 14.4 Å². The van der Waals surface area contributed by atoms with Crippen molar-refractivity contribution in [1.29, 1.82) is 0 Å². The number of rotatable bonds is 55. The van der Waals surface area contributed by atoms with Crippen LogP contribution in [0.2, 0.25) is 0 Å². The van der Waals surface area contributed by atoms with Crippen LogP contribution < -0.4 is 0 Å². The van der Waals surface area contributed by atoms with E-state index in [4.69, 9.17) is 14.2 Å². The van der Waals surface area contributed by atoms with Gasteiger partial charge in [0.25, 0.3) is 0 Å². The third-order valence-corrected chi connectivity index (χ3v) is 13.3. The molecule has 0 aliphatic heterocycles. The highest BCUT2D eigenvalue weighted by atomic mass is 16.6. The second kappa shape index (κ2) is 57.9. The summed E-state index contributed by atoms with van der Waals surface area (Å²) in [7, 11) is 0. The van der Waals surface area contributed by atoms with E-state index in [1.807, 2.05) is 0 Å². The van der Waals surface area contributed by atoms with Crippen molar-refractivity contribution in [3.63, 3.8) is 0 Å². The van der Waals surface area contributed by atoms with Gasteiger partial charge in [-0.05, 0) is 57.8 Å². The Bertz CT molecular complexity index is 1200. The van der Waals surface area contributed by atoms with Crippen LogP contribution in [-0.2, 0) is 28.6 Å². The average molecular weight is 968 g/mol. The molecule has 0 N–H and O–H groups in total. The summed E-state index contributed by atoms with van der Waals surface area (Å²) in [5.41, 5.74) is 0. The van der Waals surface area contributed by atoms with E-state index in [9.17, 15) is 14.4 Å². The smallest absolute Gasteiger partial charge is 0.306 e. The van der Waals surface area contributed by atoms with E-state index < -0.39 is 6.10 Å². The molecule has 0 aliphatic rings. The number of unbranched alkanes of at least 4 members (excludes halogenated alkanes) is 36. The lowest BCUT2D eigenvalue weighted by Crippen LogP contribution is -2.30. The Morgan fingerprint density at radius 2 is 0.565 bits per heavy atom. The Labute approximate surface area is 428 Å². The van der Waals surface area contributed by atoms with Crippen LogP contribution >= 0.6 is 0 Å². The van der Waals surface area contributed by atoms with Crippen molar-refractivity contribution in [2.24, 2.45) is 0 Å². The Hall–Kier alpha value is -2.63. The molecule has 0 aliphatic carbocycles. The lowest BCUT2D eigenvalue weighted by atomic mass is 10.0. The molecular weight excluding hydrogens is 853 g/mol. The maximum atomic E-state index is 12.9. The van der Waals surface area contributed by atoms with Crippen molar-refractivity contribution >= 4 is 17.9 Å². The Balaban J connectivity index is 4.35. The molecule has 402 valence electrons. The Kier molecular flexibility index (Phi) is 55.7. The van der Waals surface area contributed by atoms with Gasteiger partial charge < -0.3 is 14.2 Å². The summed E-state index contributed by atoms with van der Waals surface area (Å²) in [6, 6.07) is 0. The molecule has 1 atom stereocenters. The van der Waals surface area contributed by atoms with Crippen molar-refractivity contribution < 1.29 is 28.6 Å². The largest absolute Gasteiger partial charge is 0.462 e. The molecule has 0 fully saturated rings. The fourth-order valence-electron chi connectivity index (χ4n) is 8.85. The van der Waals surface area contributed by atoms with E-state index in [-0.39, 0.29) is 31.1 Å². The van der Waals surface area contributed by atoms with E-state index in [1.54, 1.807) is 0 Å². The van der Waals surface area contributed by atoms with Crippen LogP contribution in [0, 0.1) is 0 Å². The van der Waals surface area contributed by atoms with Crippen molar-refractivity contribution in [2.45, 2.75) is 322 Å². The van der Waals surface area contributed by atoms with Gasteiger partial charge in [-0.1, -0.05) is 288 Å². The molecule has 0 radical (unpaired) electrons. The zero-order chi connectivity index (χ0) is 50.0. The standard InChI is InChI=1S/C63H114O6/c1-4-7-10-13-16-19-22-25-28-30-31-33-36-38-41-44-47-50-53-56-62(65)68-59-60(69-63(66)57-54-51-48-45-42-39-34-27-24-21-18-15-12-9-6-3)58-67-61(64)55-52-49-46-43-40-37-35-32-29-26-23-20-17-14-11-8-5-2/h8,11,17,20,26,29,35,37,60H,4-7,9-10,12-16,18-19,21-25,27-28,30-34,36,38-59H2,1-3H3/b11-8-,20-17-,29-26-,37-35-/t60-/m1/s1. The minimum Gasteiger partial charge on any atom is -0.462 e. The van der Waals surface area contributed by atoms with Crippen molar-refractivity contribution in [1.82, 2.24) is 0 Å². The molecule has 6 nitrogen and oxygen atoms in total. The molecule has 0 aromatic rings. The number of esters is 3. The van der Waals surface area contributed by atoms with Crippen molar-refractivity contribution in [3.05, 3.63) is 48.6 Å². The number of hydrogen-bond acceptors (Lipinski definition) is 6. The number of ether oxygens (including phenoxy) is 3. The van der Waals surface area contributed by atoms with E-state index in [2.05, 4.69) is 69.4 Å². The van der Waals surface area contributed by atoms with Crippen LogP contribution in [0.15, 0.2) is 48.6 Å².